The van der Waals surface area contributed by atoms with Gasteiger partial charge in [0.2, 0.25) is 0 Å². The monoisotopic (exact) mass is 233 g/mol. The first kappa shape index (κ1) is 12.2. The third-order valence-corrected chi connectivity index (χ3v) is 3.55. The number of aryl methyl sites for hydroxylation is 1. The van der Waals surface area contributed by atoms with Gasteiger partial charge in [0.25, 0.3) is 0 Å². The van der Waals surface area contributed by atoms with E-state index in [2.05, 4.69) is 37.3 Å². The van der Waals surface area contributed by atoms with Crippen molar-refractivity contribution < 1.29 is 0 Å². The van der Waals surface area contributed by atoms with E-state index in [0.717, 1.165) is 11.4 Å². The number of nitrogens with two attached hydrogens (primary N) is 1. The smallest absolute Gasteiger partial charge is 0.0513 e. The largest absolute Gasteiger partial charge is 0.399 e. The minimum atomic E-state index is 0.584. The lowest BCUT2D eigenvalue weighted by Gasteiger charge is -2.39. The van der Waals surface area contributed by atoms with E-state index in [4.69, 9.17) is 5.73 Å². The van der Waals surface area contributed by atoms with Gasteiger partial charge >= 0.3 is 0 Å². The summed E-state index contributed by atoms with van der Waals surface area (Å²) in [6, 6.07) is 7.31. The third-order valence-electron chi connectivity index (χ3n) is 3.55. The number of nitrogens with one attached hydrogen (secondary N) is 1. The Morgan fingerprint density at radius 2 is 1.82 bits per heavy atom. The summed E-state index contributed by atoms with van der Waals surface area (Å²) in [4.78, 5) is 0. The number of nitrogen functional groups attached to an aromatic ring is 1. The molecule has 0 radical (unpaired) electrons. The maximum atomic E-state index is 5.88. The van der Waals surface area contributed by atoms with Crippen molar-refractivity contribution >= 4 is 11.4 Å². The molecule has 1 aromatic rings. The minimum Gasteiger partial charge on any atom is -0.399 e. The van der Waals surface area contributed by atoms with Crippen LogP contribution in [0.3, 0.4) is 0 Å². The molecule has 94 valence electrons. The summed E-state index contributed by atoms with van der Waals surface area (Å²) in [5, 5.41) is 2.36. The standard InChI is InChI=1S/C14H23N3/c1-10-7-13(15)9-14(8-10)16-17-11(2)5-4-6-12(17)3/h7-9,11-12,16H,4-6,15H2,1-3H3. The van der Waals surface area contributed by atoms with Crippen molar-refractivity contribution in [2.45, 2.75) is 52.1 Å². The first-order valence-electron chi connectivity index (χ1n) is 6.48. The Bertz CT molecular complexity index is 359. The van der Waals surface area contributed by atoms with Gasteiger partial charge in [0.15, 0.2) is 0 Å². The van der Waals surface area contributed by atoms with Crippen molar-refractivity contribution in [2.24, 2.45) is 0 Å². The second-order valence-electron chi connectivity index (χ2n) is 5.28. The first-order valence-corrected chi connectivity index (χ1v) is 6.48. The van der Waals surface area contributed by atoms with Crippen LogP contribution in [0.2, 0.25) is 0 Å². The van der Waals surface area contributed by atoms with Gasteiger partial charge < -0.3 is 11.2 Å². The first-order chi connectivity index (χ1) is 8.06. The lowest BCUT2D eigenvalue weighted by molar-refractivity contribution is 0.136. The van der Waals surface area contributed by atoms with E-state index in [1.165, 1.54) is 24.8 Å². The van der Waals surface area contributed by atoms with E-state index in [1.807, 2.05) is 12.1 Å². The maximum Gasteiger partial charge on any atom is 0.0513 e. The summed E-state index contributed by atoms with van der Waals surface area (Å²) in [5.41, 5.74) is 12.5. The predicted octanol–water partition coefficient (Wildman–Crippen LogP) is 3.17. The van der Waals surface area contributed by atoms with Gasteiger partial charge in [0, 0.05) is 17.8 Å². The van der Waals surface area contributed by atoms with Crippen molar-refractivity contribution in [1.82, 2.24) is 5.01 Å². The number of piperidine rings is 1. The van der Waals surface area contributed by atoms with E-state index in [1.54, 1.807) is 0 Å². The van der Waals surface area contributed by atoms with Gasteiger partial charge in [-0.2, -0.15) is 0 Å². The second kappa shape index (κ2) is 4.96. The number of nitrogens with zero attached hydrogens (tertiary/aromatic N) is 1. The topological polar surface area (TPSA) is 41.3 Å². The molecule has 1 saturated heterocycles. The fraction of sp³-hybridized carbons (Fsp3) is 0.571. The molecule has 1 heterocycles. The number of rotatable bonds is 2. The van der Waals surface area contributed by atoms with E-state index >= 15 is 0 Å². The third kappa shape index (κ3) is 2.91. The maximum absolute atomic E-state index is 5.88. The highest BCUT2D eigenvalue weighted by molar-refractivity contribution is 5.56. The Morgan fingerprint density at radius 1 is 1.18 bits per heavy atom. The van der Waals surface area contributed by atoms with Crippen molar-refractivity contribution in [2.75, 3.05) is 11.2 Å². The molecule has 0 aromatic heterocycles. The molecule has 3 N–H and O–H groups in total. The van der Waals surface area contributed by atoms with Crippen LogP contribution in [0.15, 0.2) is 18.2 Å². The van der Waals surface area contributed by atoms with Gasteiger partial charge in [0.1, 0.15) is 0 Å². The molecular weight excluding hydrogens is 210 g/mol. The van der Waals surface area contributed by atoms with Gasteiger partial charge in [-0.15, -0.1) is 0 Å². The molecule has 1 fully saturated rings. The molecule has 0 aliphatic carbocycles. The van der Waals surface area contributed by atoms with E-state index in [9.17, 15) is 0 Å². The van der Waals surface area contributed by atoms with Crippen molar-refractivity contribution in [1.29, 1.82) is 0 Å². The van der Waals surface area contributed by atoms with Crippen molar-refractivity contribution in [3.63, 3.8) is 0 Å². The molecule has 2 unspecified atom stereocenters. The fourth-order valence-electron chi connectivity index (χ4n) is 2.67. The Morgan fingerprint density at radius 3 is 2.41 bits per heavy atom. The number of benzene rings is 1. The predicted molar refractivity (Wildman–Crippen MR) is 73.8 cm³/mol. The molecular formula is C14H23N3. The summed E-state index contributed by atoms with van der Waals surface area (Å²) in [6.07, 6.45) is 3.85. The van der Waals surface area contributed by atoms with Gasteiger partial charge in [0.05, 0.1) is 5.69 Å². The molecule has 0 spiro atoms. The molecule has 17 heavy (non-hydrogen) atoms. The van der Waals surface area contributed by atoms with Gasteiger partial charge in [-0.25, -0.2) is 5.01 Å². The summed E-state index contributed by atoms with van der Waals surface area (Å²) >= 11 is 0. The molecule has 3 nitrogen and oxygen atoms in total. The van der Waals surface area contributed by atoms with Crippen LogP contribution in [0, 0.1) is 6.92 Å². The molecule has 1 aromatic carbocycles. The summed E-state index contributed by atoms with van der Waals surface area (Å²) in [5.74, 6) is 0. The number of hydrogen-bond donors (Lipinski definition) is 2. The van der Waals surface area contributed by atoms with Gasteiger partial charge in [-0.3, -0.25) is 0 Å². The van der Waals surface area contributed by atoms with Crippen LogP contribution < -0.4 is 11.2 Å². The molecule has 3 heteroatoms. The Hall–Kier alpha value is -1.22. The fourth-order valence-corrected chi connectivity index (χ4v) is 2.67. The molecule has 0 saturated carbocycles. The SMILES string of the molecule is Cc1cc(N)cc(NN2C(C)CCCC2C)c1. The molecule has 0 amide bonds. The molecule has 1 aliphatic heterocycles. The van der Waals surface area contributed by atoms with Crippen molar-refractivity contribution in [3.8, 4) is 0 Å². The van der Waals surface area contributed by atoms with Crippen LogP contribution in [0.4, 0.5) is 11.4 Å². The summed E-state index contributed by atoms with van der Waals surface area (Å²) in [6.45, 7) is 6.63. The zero-order valence-electron chi connectivity index (χ0n) is 11.0. The molecule has 2 rings (SSSR count). The highest BCUT2D eigenvalue weighted by Gasteiger charge is 2.24. The van der Waals surface area contributed by atoms with Gasteiger partial charge in [-0.05, 0) is 57.4 Å². The van der Waals surface area contributed by atoms with Gasteiger partial charge in [-0.1, -0.05) is 6.42 Å². The Labute approximate surface area is 104 Å². The van der Waals surface area contributed by atoms with Crippen LogP contribution in [0.1, 0.15) is 38.7 Å². The lowest BCUT2D eigenvalue weighted by atomic mass is 10.00. The lowest BCUT2D eigenvalue weighted by Crippen LogP contribution is -2.47. The van der Waals surface area contributed by atoms with Crippen molar-refractivity contribution in [3.05, 3.63) is 23.8 Å². The number of anilines is 2. The normalized spacial score (nSPS) is 25.8. The van der Waals surface area contributed by atoms with Crippen LogP contribution in [0.25, 0.3) is 0 Å². The van der Waals surface area contributed by atoms with E-state index in [-0.39, 0.29) is 0 Å². The zero-order valence-corrected chi connectivity index (χ0v) is 11.0. The quantitative estimate of drug-likeness (QED) is 0.771. The summed E-state index contributed by atoms with van der Waals surface area (Å²) in [7, 11) is 0. The highest BCUT2D eigenvalue weighted by Crippen LogP contribution is 2.24. The van der Waals surface area contributed by atoms with E-state index in [0.29, 0.717) is 12.1 Å². The highest BCUT2D eigenvalue weighted by atomic mass is 15.5. The minimum absolute atomic E-state index is 0.584. The van der Waals surface area contributed by atoms with Crippen LogP contribution >= 0.6 is 0 Å². The van der Waals surface area contributed by atoms with Crippen LogP contribution in [0.5, 0.6) is 0 Å². The molecule has 1 aliphatic rings. The average Bonchev–Trinajstić information content (AvgIpc) is 2.22. The zero-order chi connectivity index (χ0) is 12.4. The van der Waals surface area contributed by atoms with Crippen LogP contribution in [-0.2, 0) is 0 Å². The second-order valence-corrected chi connectivity index (χ2v) is 5.28. The van der Waals surface area contributed by atoms with E-state index < -0.39 is 0 Å². The summed E-state index contributed by atoms with van der Waals surface area (Å²) < 4.78 is 0. The van der Waals surface area contributed by atoms with Crippen LogP contribution in [-0.4, -0.2) is 17.1 Å². The Balaban J connectivity index is 2.13. The number of hydrazine groups is 1. The number of hydrogen-bond acceptors (Lipinski definition) is 3. The average molecular weight is 233 g/mol. The molecule has 0 bridgehead atoms. The Kier molecular flexibility index (Phi) is 3.57. The molecule has 2 atom stereocenters.